The minimum atomic E-state index is -0.358. The van der Waals surface area contributed by atoms with E-state index in [0.29, 0.717) is 32.1 Å². The first kappa shape index (κ1) is 14.1. The smallest absolute Gasteiger partial charge is 0.153 e. The Bertz CT molecular complexity index is 779. The second-order valence-electron chi connectivity index (χ2n) is 4.46. The van der Waals surface area contributed by atoms with Crippen LogP contribution >= 0.6 is 27.5 Å². The molecular formula is C15H10BrClFN3. The first-order valence-corrected chi connectivity index (χ1v) is 7.29. The van der Waals surface area contributed by atoms with Crippen LogP contribution in [-0.4, -0.2) is 10.2 Å². The number of anilines is 1. The molecule has 0 radical (unpaired) electrons. The topological polar surface area (TPSA) is 54.7 Å². The van der Waals surface area contributed by atoms with Crippen molar-refractivity contribution in [3.8, 4) is 22.4 Å². The van der Waals surface area contributed by atoms with Gasteiger partial charge in [-0.1, -0.05) is 29.8 Å². The Kier molecular flexibility index (Phi) is 3.69. The molecule has 0 saturated heterocycles. The molecule has 6 heteroatoms. The molecule has 2 aromatic carbocycles. The minimum Gasteiger partial charge on any atom is -0.382 e. The molecule has 0 bridgehead atoms. The molecular weight excluding hydrogens is 357 g/mol. The van der Waals surface area contributed by atoms with E-state index in [0.717, 1.165) is 5.56 Å². The second-order valence-corrected chi connectivity index (χ2v) is 5.75. The summed E-state index contributed by atoms with van der Waals surface area (Å²) < 4.78 is 14.8. The highest BCUT2D eigenvalue weighted by Crippen LogP contribution is 2.39. The molecule has 3 aromatic rings. The number of aromatic amines is 1. The Morgan fingerprint density at radius 2 is 1.81 bits per heavy atom. The zero-order valence-electron chi connectivity index (χ0n) is 10.7. The van der Waals surface area contributed by atoms with Crippen LogP contribution in [0.15, 0.2) is 46.9 Å². The zero-order chi connectivity index (χ0) is 15.0. The fraction of sp³-hybridized carbons (Fsp3) is 0. The maximum atomic E-state index is 14.2. The van der Waals surface area contributed by atoms with Crippen LogP contribution < -0.4 is 5.73 Å². The maximum Gasteiger partial charge on any atom is 0.153 e. The zero-order valence-corrected chi connectivity index (χ0v) is 13.0. The third-order valence-electron chi connectivity index (χ3n) is 3.14. The first-order chi connectivity index (χ1) is 10.1. The number of nitrogens with two attached hydrogens (primary N) is 1. The number of benzene rings is 2. The normalized spacial score (nSPS) is 10.8. The van der Waals surface area contributed by atoms with Crippen molar-refractivity contribution >= 4 is 33.3 Å². The maximum absolute atomic E-state index is 14.2. The molecule has 21 heavy (non-hydrogen) atoms. The van der Waals surface area contributed by atoms with E-state index >= 15 is 0 Å². The molecule has 0 unspecified atom stereocenters. The lowest BCUT2D eigenvalue weighted by atomic mass is 10.0. The van der Waals surface area contributed by atoms with E-state index in [2.05, 4.69) is 26.1 Å². The molecule has 1 heterocycles. The van der Waals surface area contributed by atoms with E-state index in [1.807, 2.05) is 12.1 Å². The van der Waals surface area contributed by atoms with Gasteiger partial charge in [-0.25, -0.2) is 4.39 Å². The summed E-state index contributed by atoms with van der Waals surface area (Å²) in [5.41, 5.74) is 8.32. The number of nitrogens with one attached hydrogen (secondary N) is 1. The summed E-state index contributed by atoms with van der Waals surface area (Å²) in [6.07, 6.45) is 0. The number of nitrogens with zero attached hydrogens (tertiary/aromatic N) is 1. The lowest BCUT2D eigenvalue weighted by molar-refractivity contribution is 0.630. The monoisotopic (exact) mass is 365 g/mol. The van der Waals surface area contributed by atoms with Crippen molar-refractivity contribution in [3.63, 3.8) is 0 Å². The van der Waals surface area contributed by atoms with Gasteiger partial charge in [0.15, 0.2) is 5.82 Å². The van der Waals surface area contributed by atoms with Crippen LogP contribution in [-0.2, 0) is 0 Å². The van der Waals surface area contributed by atoms with Crippen LogP contribution in [0.5, 0.6) is 0 Å². The van der Waals surface area contributed by atoms with Crippen molar-refractivity contribution in [1.29, 1.82) is 0 Å². The van der Waals surface area contributed by atoms with Crippen LogP contribution in [0.1, 0.15) is 0 Å². The van der Waals surface area contributed by atoms with Crippen LogP contribution in [0.4, 0.5) is 10.2 Å². The Hall–Kier alpha value is -1.85. The molecule has 1 aromatic heterocycles. The summed E-state index contributed by atoms with van der Waals surface area (Å²) in [6.45, 7) is 0. The molecule has 0 aliphatic heterocycles. The third kappa shape index (κ3) is 2.54. The van der Waals surface area contributed by atoms with Gasteiger partial charge in [0.2, 0.25) is 0 Å². The number of nitrogen functional groups attached to an aromatic ring is 1. The summed E-state index contributed by atoms with van der Waals surface area (Å²) in [6, 6.07) is 11.9. The van der Waals surface area contributed by atoms with Gasteiger partial charge in [-0.3, -0.25) is 5.10 Å². The van der Waals surface area contributed by atoms with Gasteiger partial charge in [0.05, 0.1) is 16.8 Å². The number of halogens is 3. The standard InChI is InChI=1S/C15H10BrClFN3/c16-10-2-1-3-11(18)13(10)14-12(15(19)21-20-14)8-4-6-9(17)7-5-8/h1-7H,(H3,19,20,21). The van der Waals surface area contributed by atoms with Gasteiger partial charge < -0.3 is 5.73 Å². The van der Waals surface area contributed by atoms with Gasteiger partial charge in [0, 0.05) is 9.50 Å². The van der Waals surface area contributed by atoms with E-state index in [9.17, 15) is 4.39 Å². The number of rotatable bonds is 2. The highest BCUT2D eigenvalue weighted by atomic mass is 79.9. The van der Waals surface area contributed by atoms with Gasteiger partial charge in [-0.05, 0) is 45.8 Å². The first-order valence-electron chi connectivity index (χ1n) is 6.12. The highest BCUT2D eigenvalue weighted by Gasteiger charge is 2.19. The number of aromatic nitrogens is 2. The van der Waals surface area contributed by atoms with E-state index in [1.165, 1.54) is 6.07 Å². The molecule has 0 atom stereocenters. The van der Waals surface area contributed by atoms with Crippen molar-refractivity contribution in [3.05, 3.63) is 57.8 Å². The Balaban J connectivity index is 2.24. The van der Waals surface area contributed by atoms with Crippen LogP contribution in [0, 0.1) is 5.82 Å². The van der Waals surface area contributed by atoms with Crippen molar-refractivity contribution in [1.82, 2.24) is 10.2 Å². The van der Waals surface area contributed by atoms with Crippen LogP contribution in [0.2, 0.25) is 5.02 Å². The lowest BCUT2D eigenvalue weighted by Gasteiger charge is -2.08. The molecule has 0 fully saturated rings. The summed E-state index contributed by atoms with van der Waals surface area (Å²) >= 11 is 9.26. The average Bonchev–Trinajstić information content (AvgIpc) is 2.82. The molecule has 0 saturated carbocycles. The predicted octanol–water partition coefficient (Wildman–Crippen LogP) is 4.88. The Labute approximate surface area is 134 Å². The van der Waals surface area contributed by atoms with Crippen molar-refractivity contribution in [2.24, 2.45) is 0 Å². The van der Waals surface area contributed by atoms with Crippen LogP contribution in [0.3, 0.4) is 0 Å². The summed E-state index contributed by atoms with van der Waals surface area (Å²) in [5, 5.41) is 7.43. The summed E-state index contributed by atoms with van der Waals surface area (Å²) in [5.74, 6) is -0.0503. The third-order valence-corrected chi connectivity index (χ3v) is 4.05. The molecule has 0 aliphatic rings. The number of hydrogen-bond donors (Lipinski definition) is 2. The SMILES string of the molecule is Nc1n[nH]c(-c2c(F)cccc2Br)c1-c1ccc(Cl)cc1. The van der Waals surface area contributed by atoms with Crippen molar-refractivity contribution < 1.29 is 4.39 Å². The number of H-pyrrole nitrogens is 1. The summed E-state index contributed by atoms with van der Waals surface area (Å²) in [7, 11) is 0. The quantitative estimate of drug-likeness (QED) is 0.679. The van der Waals surface area contributed by atoms with Gasteiger partial charge in [0.25, 0.3) is 0 Å². The molecule has 3 N–H and O–H groups in total. The molecule has 0 spiro atoms. The second kappa shape index (κ2) is 5.50. The average molecular weight is 367 g/mol. The minimum absolute atomic E-state index is 0.308. The predicted molar refractivity (Wildman–Crippen MR) is 86.5 cm³/mol. The van der Waals surface area contributed by atoms with E-state index in [4.69, 9.17) is 17.3 Å². The van der Waals surface area contributed by atoms with E-state index in [1.54, 1.807) is 24.3 Å². The lowest BCUT2D eigenvalue weighted by Crippen LogP contribution is -1.91. The van der Waals surface area contributed by atoms with E-state index in [-0.39, 0.29) is 5.82 Å². The largest absolute Gasteiger partial charge is 0.382 e. The number of hydrogen-bond acceptors (Lipinski definition) is 2. The van der Waals surface area contributed by atoms with Gasteiger partial charge in [0.1, 0.15) is 5.82 Å². The molecule has 106 valence electrons. The molecule has 3 nitrogen and oxygen atoms in total. The molecule has 0 amide bonds. The molecule has 0 aliphatic carbocycles. The molecule has 3 rings (SSSR count). The summed E-state index contributed by atoms with van der Waals surface area (Å²) in [4.78, 5) is 0. The van der Waals surface area contributed by atoms with Gasteiger partial charge >= 0.3 is 0 Å². The fourth-order valence-electron chi connectivity index (χ4n) is 2.18. The van der Waals surface area contributed by atoms with Gasteiger partial charge in [-0.15, -0.1) is 0 Å². The Morgan fingerprint density at radius 3 is 2.48 bits per heavy atom. The van der Waals surface area contributed by atoms with Gasteiger partial charge in [-0.2, -0.15) is 5.10 Å². The highest BCUT2D eigenvalue weighted by molar-refractivity contribution is 9.10. The van der Waals surface area contributed by atoms with E-state index < -0.39 is 0 Å². The fourth-order valence-corrected chi connectivity index (χ4v) is 2.85. The van der Waals surface area contributed by atoms with Crippen LogP contribution in [0.25, 0.3) is 22.4 Å². The van der Waals surface area contributed by atoms with Crippen molar-refractivity contribution in [2.45, 2.75) is 0 Å². The Morgan fingerprint density at radius 1 is 1.10 bits per heavy atom. The van der Waals surface area contributed by atoms with Crippen molar-refractivity contribution in [2.75, 3.05) is 5.73 Å².